The van der Waals surface area contributed by atoms with Crippen LogP contribution in [0.15, 0.2) is 30.3 Å². The van der Waals surface area contributed by atoms with Crippen LogP contribution in [0.25, 0.3) is 0 Å². The highest BCUT2D eigenvalue weighted by Gasteiger charge is 2.27. The Morgan fingerprint density at radius 1 is 1.40 bits per heavy atom. The van der Waals surface area contributed by atoms with E-state index < -0.39 is 0 Å². The van der Waals surface area contributed by atoms with Crippen molar-refractivity contribution in [1.29, 1.82) is 0 Å². The fourth-order valence-electron chi connectivity index (χ4n) is 2.27. The van der Waals surface area contributed by atoms with Crippen LogP contribution in [0.4, 0.5) is 0 Å². The molecule has 2 nitrogen and oxygen atoms in total. The number of likely N-dealkylation sites (tertiary alicyclic amines) is 1. The van der Waals surface area contributed by atoms with Crippen molar-refractivity contribution < 1.29 is 4.79 Å². The smallest absolute Gasteiger partial charge is 0.254 e. The molecule has 0 radical (unpaired) electrons. The van der Waals surface area contributed by atoms with Crippen molar-refractivity contribution in [2.75, 3.05) is 6.54 Å². The first-order chi connectivity index (χ1) is 7.33. The molecule has 0 aromatic heterocycles. The molecule has 0 unspecified atom stereocenters. The lowest BCUT2D eigenvalue weighted by Gasteiger charge is -2.23. The van der Waals surface area contributed by atoms with Gasteiger partial charge in [0.2, 0.25) is 0 Å². The van der Waals surface area contributed by atoms with Crippen LogP contribution < -0.4 is 0 Å². The molecule has 1 aliphatic rings. The molecule has 15 heavy (non-hydrogen) atoms. The molecule has 0 spiro atoms. The first kappa shape index (κ1) is 10.2. The summed E-state index contributed by atoms with van der Waals surface area (Å²) < 4.78 is 0. The second-order valence-electron chi connectivity index (χ2n) is 4.07. The molecular weight excluding hydrogens is 186 g/mol. The van der Waals surface area contributed by atoms with Gasteiger partial charge in [0, 0.05) is 18.2 Å². The predicted molar refractivity (Wildman–Crippen MR) is 60.8 cm³/mol. The Kier molecular flexibility index (Phi) is 3.05. The average Bonchev–Trinajstić information content (AvgIpc) is 2.77. The van der Waals surface area contributed by atoms with Gasteiger partial charge in [0.05, 0.1) is 0 Å². The van der Waals surface area contributed by atoms with Crippen LogP contribution >= 0.6 is 0 Å². The Hall–Kier alpha value is -1.31. The van der Waals surface area contributed by atoms with Crippen molar-refractivity contribution in [3.8, 4) is 0 Å². The van der Waals surface area contributed by atoms with Crippen molar-refractivity contribution in [1.82, 2.24) is 4.90 Å². The Bertz CT molecular complexity index is 334. The fourth-order valence-corrected chi connectivity index (χ4v) is 2.27. The Labute approximate surface area is 90.9 Å². The molecule has 1 atom stereocenters. The Morgan fingerprint density at radius 2 is 2.13 bits per heavy atom. The summed E-state index contributed by atoms with van der Waals surface area (Å²) in [6.07, 6.45) is 3.38. The molecule has 1 aromatic carbocycles. The van der Waals surface area contributed by atoms with Gasteiger partial charge in [0.25, 0.3) is 5.91 Å². The molecule has 2 rings (SSSR count). The maximum Gasteiger partial charge on any atom is 0.254 e. The highest BCUT2D eigenvalue weighted by atomic mass is 16.2. The van der Waals surface area contributed by atoms with Crippen LogP contribution in [-0.2, 0) is 0 Å². The van der Waals surface area contributed by atoms with Crippen LogP contribution in [0, 0.1) is 0 Å². The van der Waals surface area contributed by atoms with Crippen LogP contribution in [0.3, 0.4) is 0 Å². The van der Waals surface area contributed by atoms with Crippen molar-refractivity contribution in [2.45, 2.75) is 32.2 Å². The third kappa shape index (κ3) is 2.04. The predicted octanol–water partition coefficient (Wildman–Crippen LogP) is 2.70. The second kappa shape index (κ2) is 4.47. The normalized spacial score (nSPS) is 20.6. The molecular formula is C13H17NO. The molecule has 1 saturated heterocycles. The zero-order valence-corrected chi connectivity index (χ0v) is 9.15. The highest BCUT2D eigenvalue weighted by Crippen LogP contribution is 2.21. The summed E-state index contributed by atoms with van der Waals surface area (Å²) in [5, 5.41) is 0. The summed E-state index contributed by atoms with van der Waals surface area (Å²) in [7, 11) is 0. The molecule has 2 heteroatoms. The number of nitrogens with zero attached hydrogens (tertiary/aromatic N) is 1. The third-order valence-corrected chi connectivity index (χ3v) is 3.13. The lowest BCUT2D eigenvalue weighted by Crippen LogP contribution is -2.34. The monoisotopic (exact) mass is 203 g/mol. The van der Waals surface area contributed by atoms with Crippen LogP contribution in [0.5, 0.6) is 0 Å². The summed E-state index contributed by atoms with van der Waals surface area (Å²) in [6.45, 7) is 3.08. The van der Waals surface area contributed by atoms with Gasteiger partial charge in [0.1, 0.15) is 0 Å². The molecule has 0 saturated carbocycles. The quantitative estimate of drug-likeness (QED) is 0.723. The minimum Gasteiger partial charge on any atom is -0.336 e. The van der Waals surface area contributed by atoms with E-state index >= 15 is 0 Å². The van der Waals surface area contributed by atoms with Crippen molar-refractivity contribution in [2.24, 2.45) is 0 Å². The van der Waals surface area contributed by atoms with Crippen LogP contribution in [0.1, 0.15) is 36.5 Å². The number of carbonyl (C=O) groups is 1. The van der Waals surface area contributed by atoms with E-state index in [0.717, 1.165) is 31.4 Å². The number of hydrogen-bond acceptors (Lipinski definition) is 1. The fraction of sp³-hybridized carbons (Fsp3) is 0.462. The number of amides is 1. The number of carbonyl (C=O) groups excluding carboxylic acids is 1. The topological polar surface area (TPSA) is 20.3 Å². The van der Waals surface area contributed by atoms with Crippen molar-refractivity contribution >= 4 is 5.91 Å². The summed E-state index contributed by atoms with van der Waals surface area (Å²) in [5.41, 5.74) is 0.817. The molecule has 80 valence electrons. The summed E-state index contributed by atoms with van der Waals surface area (Å²) >= 11 is 0. The van der Waals surface area contributed by atoms with Crippen LogP contribution in [-0.4, -0.2) is 23.4 Å². The van der Waals surface area contributed by atoms with E-state index in [-0.39, 0.29) is 5.91 Å². The standard InChI is InChI=1S/C13H17NO/c1-2-12-9-6-10-14(12)13(15)11-7-4-3-5-8-11/h3-5,7-8,12H,2,6,9-10H2,1H3/t12-/m1/s1. The van der Waals surface area contributed by atoms with Gasteiger partial charge in [-0.2, -0.15) is 0 Å². The van der Waals surface area contributed by atoms with Gasteiger partial charge in [0.15, 0.2) is 0 Å². The van der Waals surface area contributed by atoms with E-state index in [2.05, 4.69) is 6.92 Å². The molecule has 0 aliphatic carbocycles. The SMILES string of the molecule is CC[C@@H]1CCCN1C(=O)c1ccccc1. The van der Waals surface area contributed by atoms with Gasteiger partial charge < -0.3 is 4.90 Å². The van der Waals surface area contributed by atoms with E-state index in [4.69, 9.17) is 0 Å². The van der Waals surface area contributed by atoms with E-state index in [0.29, 0.717) is 6.04 Å². The minimum atomic E-state index is 0.194. The number of hydrogen-bond donors (Lipinski definition) is 0. The highest BCUT2D eigenvalue weighted by molar-refractivity contribution is 5.94. The molecule has 0 N–H and O–H groups in total. The first-order valence-electron chi connectivity index (χ1n) is 5.69. The van der Waals surface area contributed by atoms with Gasteiger partial charge in [-0.05, 0) is 31.4 Å². The zero-order chi connectivity index (χ0) is 10.7. The van der Waals surface area contributed by atoms with Gasteiger partial charge in [-0.25, -0.2) is 0 Å². The number of benzene rings is 1. The van der Waals surface area contributed by atoms with Crippen molar-refractivity contribution in [3.05, 3.63) is 35.9 Å². The average molecular weight is 203 g/mol. The van der Waals surface area contributed by atoms with Crippen LogP contribution in [0.2, 0.25) is 0 Å². The molecule has 0 bridgehead atoms. The molecule has 1 aliphatic heterocycles. The van der Waals surface area contributed by atoms with Gasteiger partial charge >= 0.3 is 0 Å². The van der Waals surface area contributed by atoms with E-state index in [9.17, 15) is 4.79 Å². The van der Waals surface area contributed by atoms with E-state index in [1.54, 1.807) is 0 Å². The van der Waals surface area contributed by atoms with E-state index in [1.165, 1.54) is 0 Å². The largest absolute Gasteiger partial charge is 0.336 e. The van der Waals surface area contributed by atoms with Crippen molar-refractivity contribution in [3.63, 3.8) is 0 Å². The second-order valence-corrected chi connectivity index (χ2v) is 4.07. The summed E-state index contributed by atoms with van der Waals surface area (Å²) in [6, 6.07) is 10.0. The lowest BCUT2D eigenvalue weighted by molar-refractivity contribution is 0.0733. The zero-order valence-electron chi connectivity index (χ0n) is 9.15. The lowest BCUT2D eigenvalue weighted by atomic mass is 10.1. The van der Waals surface area contributed by atoms with Gasteiger partial charge in [-0.1, -0.05) is 25.1 Å². The Balaban J connectivity index is 2.14. The minimum absolute atomic E-state index is 0.194. The van der Waals surface area contributed by atoms with E-state index in [1.807, 2.05) is 35.2 Å². The number of rotatable bonds is 2. The Morgan fingerprint density at radius 3 is 2.80 bits per heavy atom. The third-order valence-electron chi connectivity index (χ3n) is 3.13. The summed E-state index contributed by atoms with van der Waals surface area (Å²) in [5.74, 6) is 0.194. The summed E-state index contributed by atoms with van der Waals surface area (Å²) in [4.78, 5) is 14.2. The molecule has 1 heterocycles. The first-order valence-corrected chi connectivity index (χ1v) is 5.69. The van der Waals surface area contributed by atoms with Gasteiger partial charge in [-0.15, -0.1) is 0 Å². The molecule has 1 fully saturated rings. The van der Waals surface area contributed by atoms with Gasteiger partial charge in [-0.3, -0.25) is 4.79 Å². The maximum atomic E-state index is 12.1. The molecule has 1 aromatic rings. The maximum absolute atomic E-state index is 12.1. The molecule has 1 amide bonds.